The Morgan fingerprint density at radius 1 is 1.27 bits per heavy atom. The van der Waals surface area contributed by atoms with Gasteiger partial charge in [0.2, 0.25) is 0 Å². The van der Waals surface area contributed by atoms with E-state index in [0.29, 0.717) is 37.6 Å². The number of nitrogens with zero attached hydrogens (tertiary/aromatic N) is 2. The summed E-state index contributed by atoms with van der Waals surface area (Å²) < 4.78 is 51.5. The number of halogens is 5. The molecule has 1 aromatic rings. The molecule has 1 heterocycles. The zero-order chi connectivity index (χ0) is 18.2. The Bertz CT molecular complexity index is 578. The molecule has 1 aromatic carbocycles. The summed E-state index contributed by atoms with van der Waals surface area (Å²) in [6, 6.07) is 4.28. The van der Waals surface area contributed by atoms with E-state index >= 15 is 0 Å². The first kappa shape index (κ1) is 22.9. The zero-order valence-corrected chi connectivity index (χ0v) is 17.0. The molecule has 0 bridgehead atoms. The number of rotatable bonds is 6. The van der Waals surface area contributed by atoms with Crippen molar-refractivity contribution in [3.63, 3.8) is 0 Å². The molecule has 0 aliphatic carbocycles. The normalized spacial score (nSPS) is 16.5. The Labute approximate surface area is 168 Å². The van der Waals surface area contributed by atoms with Gasteiger partial charge in [-0.3, -0.25) is 9.89 Å². The van der Waals surface area contributed by atoms with Gasteiger partial charge in [0, 0.05) is 32.7 Å². The van der Waals surface area contributed by atoms with E-state index in [1.165, 1.54) is 6.07 Å². The summed E-state index contributed by atoms with van der Waals surface area (Å²) in [7, 11) is 1.63. The standard InChI is InChI=1S/C17H24F4N4.HI/c1-22-17(23-8-5-12-3-2-4-14(18)16(12)21)24-13-6-9-25(10-7-13)11-15(19)20;/h2-4,13,15H,5-11H2,1H3,(H2,22,23,24);1H. The molecule has 0 spiro atoms. The van der Waals surface area contributed by atoms with Crippen molar-refractivity contribution >= 4 is 29.9 Å². The Morgan fingerprint density at radius 2 is 1.96 bits per heavy atom. The first-order chi connectivity index (χ1) is 12.0. The summed E-state index contributed by atoms with van der Waals surface area (Å²) in [6.07, 6.45) is -0.461. The minimum Gasteiger partial charge on any atom is -0.356 e. The molecule has 0 amide bonds. The summed E-state index contributed by atoms with van der Waals surface area (Å²) >= 11 is 0. The van der Waals surface area contributed by atoms with E-state index in [2.05, 4.69) is 15.6 Å². The highest BCUT2D eigenvalue weighted by molar-refractivity contribution is 14.0. The maximum atomic E-state index is 13.6. The maximum absolute atomic E-state index is 13.6. The van der Waals surface area contributed by atoms with Crippen molar-refractivity contribution in [2.75, 3.05) is 33.2 Å². The molecular weight excluding hydrogens is 463 g/mol. The van der Waals surface area contributed by atoms with Crippen molar-refractivity contribution in [3.05, 3.63) is 35.4 Å². The van der Waals surface area contributed by atoms with Gasteiger partial charge in [0.25, 0.3) is 6.43 Å². The highest BCUT2D eigenvalue weighted by atomic mass is 127. The average Bonchev–Trinajstić information content (AvgIpc) is 2.59. The molecule has 1 fully saturated rings. The predicted molar refractivity (Wildman–Crippen MR) is 105 cm³/mol. The second kappa shape index (κ2) is 11.6. The average molecular weight is 488 g/mol. The number of nitrogens with one attached hydrogen (secondary N) is 2. The van der Waals surface area contributed by atoms with Crippen LogP contribution in [0.3, 0.4) is 0 Å². The molecule has 2 N–H and O–H groups in total. The van der Waals surface area contributed by atoms with E-state index in [9.17, 15) is 17.6 Å². The van der Waals surface area contributed by atoms with Crippen molar-refractivity contribution in [2.45, 2.75) is 31.7 Å². The second-order valence-electron chi connectivity index (χ2n) is 6.07. The molecule has 148 valence electrons. The van der Waals surface area contributed by atoms with Crippen molar-refractivity contribution in [3.8, 4) is 0 Å². The highest BCUT2D eigenvalue weighted by Crippen LogP contribution is 2.12. The van der Waals surface area contributed by atoms with Gasteiger partial charge in [-0.15, -0.1) is 24.0 Å². The Kier molecular flexibility index (Phi) is 10.2. The summed E-state index contributed by atoms with van der Waals surface area (Å²) in [4.78, 5) is 5.87. The molecule has 0 atom stereocenters. The minimum absolute atomic E-state index is 0. The number of aliphatic imine (C=N–C) groups is 1. The van der Waals surface area contributed by atoms with Crippen molar-refractivity contribution in [1.82, 2.24) is 15.5 Å². The lowest BCUT2D eigenvalue weighted by Gasteiger charge is -2.32. The molecule has 1 saturated heterocycles. The number of hydrogen-bond acceptors (Lipinski definition) is 2. The maximum Gasteiger partial charge on any atom is 0.251 e. The Hall–Kier alpha value is -1.10. The molecule has 0 saturated carbocycles. The summed E-state index contributed by atoms with van der Waals surface area (Å²) in [5.41, 5.74) is 0.309. The number of hydrogen-bond donors (Lipinski definition) is 2. The fourth-order valence-electron chi connectivity index (χ4n) is 2.90. The molecule has 1 aliphatic rings. The van der Waals surface area contributed by atoms with Crippen LogP contribution in [0.25, 0.3) is 0 Å². The fourth-order valence-corrected chi connectivity index (χ4v) is 2.90. The van der Waals surface area contributed by atoms with E-state index in [1.807, 2.05) is 0 Å². The molecule has 26 heavy (non-hydrogen) atoms. The van der Waals surface area contributed by atoms with Crippen molar-refractivity contribution in [2.24, 2.45) is 4.99 Å². The van der Waals surface area contributed by atoms with E-state index in [4.69, 9.17) is 0 Å². The van der Waals surface area contributed by atoms with E-state index in [1.54, 1.807) is 18.0 Å². The molecule has 2 rings (SSSR count). The van der Waals surface area contributed by atoms with Gasteiger partial charge in [0.1, 0.15) is 0 Å². The number of guanidine groups is 1. The van der Waals surface area contributed by atoms with Crippen LogP contribution in [-0.4, -0.2) is 56.6 Å². The van der Waals surface area contributed by atoms with E-state index in [0.717, 1.165) is 18.9 Å². The highest BCUT2D eigenvalue weighted by Gasteiger charge is 2.21. The molecule has 0 aromatic heterocycles. The number of alkyl halides is 2. The fraction of sp³-hybridized carbons (Fsp3) is 0.588. The first-order valence-electron chi connectivity index (χ1n) is 8.40. The van der Waals surface area contributed by atoms with Gasteiger partial charge in [-0.05, 0) is 30.9 Å². The third-order valence-corrected chi connectivity index (χ3v) is 4.27. The van der Waals surface area contributed by atoms with Gasteiger partial charge in [-0.2, -0.15) is 0 Å². The van der Waals surface area contributed by atoms with Gasteiger partial charge >= 0.3 is 0 Å². The monoisotopic (exact) mass is 488 g/mol. The van der Waals surface area contributed by atoms with Gasteiger partial charge in [-0.1, -0.05) is 12.1 Å². The quantitative estimate of drug-likeness (QED) is 0.280. The summed E-state index contributed by atoms with van der Waals surface area (Å²) in [5, 5.41) is 6.32. The van der Waals surface area contributed by atoms with Crippen LogP contribution in [0, 0.1) is 11.6 Å². The second-order valence-corrected chi connectivity index (χ2v) is 6.07. The van der Waals surface area contributed by atoms with Gasteiger partial charge in [0.05, 0.1) is 6.54 Å². The molecule has 0 unspecified atom stereocenters. The molecular formula is C17H25F4IN4. The van der Waals surface area contributed by atoms with Crippen LogP contribution in [0.2, 0.25) is 0 Å². The minimum atomic E-state index is -2.30. The Balaban J connectivity index is 0.00000338. The van der Waals surface area contributed by atoms with Crippen LogP contribution in [-0.2, 0) is 6.42 Å². The van der Waals surface area contributed by atoms with Gasteiger partial charge < -0.3 is 10.6 Å². The lowest BCUT2D eigenvalue weighted by atomic mass is 10.1. The van der Waals surface area contributed by atoms with Crippen LogP contribution in [0.5, 0.6) is 0 Å². The zero-order valence-electron chi connectivity index (χ0n) is 14.7. The van der Waals surface area contributed by atoms with E-state index < -0.39 is 18.1 Å². The lowest BCUT2D eigenvalue weighted by Crippen LogP contribution is -2.49. The summed E-state index contributed by atoms with van der Waals surface area (Å²) in [6.45, 7) is 1.46. The summed E-state index contributed by atoms with van der Waals surface area (Å²) in [5.74, 6) is -1.10. The molecule has 0 radical (unpaired) electrons. The smallest absolute Gasteiger partial charge is 0.251 e. The lowest BCUT2D eigenvalue weighted by molar-refractivity contribution is 0.0744. The van der Waals surface area contributed by atoms with Crippen LogP contribution in [0.1, 0.15) is 18.4 Å². The number of likely N-dealkylation sites (tertiary alicyclic amines) is 1. The number of benzene rings is 1. The third kappa shape index (κ3) is 7.26. The van der Waals surface area contributed by atoms with Gasteiger partial charge in [-0.25, -0.2) is 17.6 Å². The predicted octanol–water partition coefficient (Wildman–Crippen LogP) is 3.02. The molecule has 1 aliphatic heterocycles. The molecule has 4 nitrogen and oxygen atoms in total. The molecule has 9 heteroatoms. The Morgan fingerprint density at radius 3 is 2.58 bits per heavy atom. The third-order valence-electron chi connectivity index (χ3n) is 4.27. The number of piperidine rings is 1. The van der Waals surface area contributed by atoms with Crippen LogP contribution < -0.4 is 10.6 Å². The van der Waals surface area contributed by atoms with Gasteiger partial charge in [0.15, 0.2) is 17.6 Å². The van der Waals surface area contributed by atoms with Crippen molar-refractivity contribution in [1.29, 1.82) is 0 Å². The van der Waals surface area contributed by atoms with E-state index in [-0.39, 0.29) is 36.6 Å². The van der Waals surface area contributed by atoms with Crippen LogP contribution in [0.15, 0.2) is 23.2 Å². The SMILES string of the molecule is CN=C(NCCc1cccc(F)c1F)NC1CCN(CC(F)F)CC1.I. The largest absolute Gasteiger partial charge is 0.356 e. The topological polar surface area (TPSA) is 39.7 Å². The van der Waals surface area contributed by atoms with Crippen LogP contribution >= 0.6 is 24.0 Å². The van der Waals surface area contributed by atoms with Crippen LogP contribution in [0.4, 0.5) is 17.6 Å². The van der Waals surface area contributed by atoms with Crippen molar-refractivity contribution < 1.29 is 17.6 Å². The first-order valence-corrected chi connectivity index (χ1v) is 8.40.